The van der Waals surface area contributed by atoms with Gasteiger partial charge in [0.1, 0.15) is 5.75 Å². The van der Waals surface area contributed by atoms with Gasteiger partial charge in [-0.3, -0.25) is 9.59 Å². The van der Waals surface area contributed by atoms with Gasteiger partial charge in [-0.05, 0) is 17.7 Å². The lowest BCUT2D eigenvalue weighted by Crippen LogP contribution is -2.35. The van der Waals surface area contributed by atoms with E-state index >= 15 is 0 Å². The van der Waals surface area contributed by atoms with E-state index in [1.54, 1.807) is 0 Å². The van der Waals surface area contributed by atoms with Gasteiger partial charge < -0.3 is 20.5 Å². The molecular weight excluding hydrogens is 305 g/mol. The number of benzene rings is 1. The molecule has 0 bridgehead atoms. The molecule has 9 heteroatoms. The smallest absolute Gasteiger partial charge is 0.469 e. The minimum Gasteiger partial charge on any atom is -0.469 e. The first-order chi connectivity index (χ1) is 10.2. The molecule has 1 aromatic rings. The van der Waals surface area contributed by atoms with E-state index < -0.39 is 30.0 Å². The molecule has 0 radical (unpaired) electrons. The third-order valence-electron chi connectivity index (χ3n) is 2.64. The molecule has 22 heavy (non-hydrogen) atoms. The van der Waals surface area contributed by atoms with Gasteiger partial charge in [-0.1, -0.05) is 12.1 Å². The normalized spacial score (nSPS) is 12.4. The van der Waals surface area contributed by atoms with E-state index in [1.807, 2.05) is 0 Å². The van der Waals surface area contributed by atoms with Crippen molar-refractivity contribution in [3.05, 3.63) is 29.8 Å². The number of esters is 1. The number of ether oxygens (including phenoxy) is 2. The van der Waals surface area contributed by atoms with Crippen molar-refractivity contribution in [1.29, 1.82) is 0 Å². The van der Waals surface area contributed by atoms with Crippen molar-refractivity contribution in [2.24, 2.45) is 5.73 Å². The molecule has 1 rings (SSSR count). The van der Waals surface area contributed by atoms with Crippen molar-refractivity contribution in [3.8, 4) is 5.75 Å². The van der Waals surface area contributed by atoms with Gasteiger partial charge in [-0.2, -0.15) is 0 Å². The highest BCUT2D eigenvalue weighted by atomic mass is 19.4. The Morgan fingerprint density at radius 3 is 2.32 bits per heavy atom. The van der Waals surface area contributed by atoms with Crippen LogP contribution in [-0.2, 0) is 14.3 Å². The molecule has 1 aromatic carbocycles. The summed E-state index contributed by atoms with van der Waals surface area (Å²) in [6.07, 6.45) is -4.97. The fourth-order valence-corrected chi connectivity index (χ4v) is 1.66. The van der Waals surface area contributed by atoms with E-state index in [9.17, 15) is 22.8 Å². The summed E-state index contributed by atoms with van der Waals surface area (Å²) in [6.45, 7) is -0.285. The minimum atomic E-state index is -4.79. The van der Waals surface area contributed by atoms with Crippen LogP contribution in [-0.4, -0.2) is 31.9 Å². The van der Waals surface area contributed by atoms with Crippen molar-refractivity contribution in [2.75, 3.05) is 13.7 Å². The number of carbonyl (C=O) groups excluding carboxylic acids is 2. The lowest BCUT2D eigenvalue weighted by molar-refractivity contribution is -0.274. The van der Waals surface area contributed by atoms with E-state index in [0.29, 0.717) is 5.56 Å². The monoisotopic (exact) mass is 320 g/mol. The molecule has 0 saturated heterocycles. The fourth-order valence-electron chi connectivity index (χ4n) is 1.66. The predicted octanol–water partition coefficient (Wildman–Crippen LogP) is 1.26. The van der Waals surface area contributed by atoms with Crippen LogP contribution in [0.1, 0.15) is 18.0 Å². The molecule has 0 fully saturated rings. The third kappa shape index (κ3) is 6.00. The Morgan fingerprint density at radius 2 is 1.86 bits per heavy atom. The van der Waals surface area contributed by atoms with Crippen molar-refractivity contribution >= 4 is 11.9 Å². The highest BCUT2D eigenvalue weighted by molar-refractivity contribution is 5.79. The highest BCUT2D eigenvalue weighted by Crippen LogP contribution is 2.25. The Balaban J connectivity index is 2.89. The lowest BCUT2D eigenvalue weighted by atomic mass is 10.0. The number of carbonyl (C=O) groups is 2. The Bertz CT molecular complexity index is 499. The van der Waals surface area contributed by atoms with Gasteiger partial charge in [0.15, 0.2) is 0 Å². The predicted molar refractivity (Wildman–Crippen MR) is 69.7 cm³/mol. The quantitative estimate of drug-likeness (QED) is 0.770. The molecule has 0 aromatic heterocycles. The number of rotatable bonds is 6. The summed E-state index contributed by atoms with van der Waals surface area (Å²) in [4.78, 5) is 22.7. The van der Waals surface area contributed by atoms with Crippen LogP contribution in [0.15, 0.2) is 24.3 Å². The summed E-state index contributed by atoms with van der Waals surface area (Å²) >= 11 is 0. The summed E-state index contributed by atoms with van der Waals surface area (Å²) in [6, 6.07) is 4.03. The standard InChI is InChI=1S/C13H15F3N2O4/c1-21-12(20)6-10(18-11(19)7-17)8-2-4-9(5-3-8)22-13(14,15)16/h2-5,10H,6-7,17H2,1H3,(H,18,19). The maximum absolute atomic E-state index is 12.1. The number of hydrogen-bond acceptors (Lipinski definition) is 5. The van der Waals surface area contributed by atoms with Gasteiger partial charge >= 0.3 is 12.3 Å². The first-order valence-corrected chi connectivity index (χ1v) is 6.17. The molecule has 0 aliphatic heterocycles. The molecule has 0 aliphatic carbocycles. The van der Waals surface area contributed by atoms with Gasteiger partial charge in [-0.25, -0.2) is 0 Å². The molecule has 122 valence electrons. The largest absolute Gasteiger partial charge is 0.573 e. The highest BCUT2D eigenvalue weighted by Gasteiger charge is 2.31. The lowest BCUT2D eigenvalue weighted by Gasteiger charge is -2.18. The summed E-state index contributed by atoms with van der Waals surface area (Å²) < 4.78 is 44.5. The zero-order valence-corrected chi connectivity index (χ0v) is 11.6. The molecule has 3 N–H and O–H groups in total. The Morgan fingerprint density at radius 1 is 1.27 bits per heavy atom. The van der Waals surface area contributed by atoms with Crippen molar-refractivity contribution in [3.63, 3.8) is 0 Å². The second-order valence-electron chi connectivity index (χ2n) is 4.22. The van der Waals surface area contributed by atoms with Gasteiger partial charge in [0.05, 0.1) is 26.1 Å². The molecule has 0 aliphatic rings. The van der Waals surface area contributed by atoms with E-state index in [-0.39, 0.29) is 13.0 Å². The van der Waals surface area contributed by atoms with E-state index in [4.69, 9.17) is 5.73 Å². The number of nitrogens with one attached hydrogen (secondary N) is 1. The van der Waals surface area contributed by atoms with E-state index in [0.717, 1.165) is 12.1 Å². The van der Waals surface area contributed by atoms with Gasteiger partial charge in [0, 0.05) is 0 Å². The summed E-state index contributed by atoms with van der Waals surface area (Å²) in [5.41, 5.74) is 5.60. The van der Waals surface area contributed by atoms with E-state index in [1.165, 1.54) is 19.2 Å². The average Bonchev–Trinajstić information content (AvgIpc) is 2.45. The maximum Gasteiger partial charge on any atom is 0.573 e. The van der Waals surface area contributed by atoms with Crippen LogP contribution in [0.25, 0.3) is 0 Å². The van der Waals surface area contributed by atoms with Crippen LogP contribution in [0.3, 0.4) is 0 Å². The number of hydrogen-bond donors (Lipinski definition) is 2. The van der Waals surface area contributed by atoms with Crippen molar-refractivity contribution in [2.45, 2.75) is 18.8 Å². The SMILES string of the molecule is COC(=O)CC(NC(=O)CN)c1ccc(OC(F)(F)F)cc1. The van der Waals surface area contributed by atoms with E-state index in [2.05, 4.69) is 14.8 Å². The third-order valence-corrected chi connectivity index (χ3v) is 2.64. The zero-order chi connectivity index (χ0) is 16.8. The van der Waals surface area contributed by atoms with Crippen LogP contribution >= 0.6 is 0 Å². The second-order valence-corrected chi connectivity index (χ2v) is 4.22. The van der Waals surface area contributed by atoms with Crippen LogP contribution in [0.2, 0.25) is 0 Å². The summed E-state index contributed by atoms with van der Waals surface area (Å²) in [7, 11) is 1.18. The van der Waals surface area contributed by atoms with Crippen LogP contribution < -0.4 is 15.8 Å². The van der Waals surface area contributed by atoms with Gasteiger partial charge in [-0.15, -0.1) is 13.2 Å². The average molecular weight is 320 g/mol. The molecule has 1 unspecified atom stereocenters. The van der Waals surface area contributed by atoms with Gasteiger partial charge in [0.2, 0.25) is 5.91 Å². The van der Waals surface area contributed by atoms with Crippen molar-refractivity contribution < 1.29 is 32.2 Å². The number of methoxy groups -OCH3 is 1. The topological polar surface area (TPSA) is 90.7 Å². The van der Waals surface area contributed by atoms with Crippen molar-refractivity contribution in [1.82, 2.24) is 5.32 Å². The molecule has 1 atom stereocenters. The summed E-state index contributed by atoms with van der Waals surface area (Å²) in [5.74, 6) is -1.50. The fraction of sp³-hybridized carbons (Fsp3) is 0.385. The zero-order valence-electron chi connectivity index (χ0n) is 11.6. The Labute approximate surface area is 124 Å². The molecule has 0 saturated carbocycles. The van der Waals surface area contributed by atoms with Crippen LogP contribution in [0, 0.1) is 0 Å². The second kappa shape index (κ2) is 7.64. The maximum atomic E-state index is 12.1. The minimum absolute atomic E-state index is 0.179. The number of amides is 1. The molecule has 6 nitrogen and oxygen atoms in total. The van der Waals surface area contributed by atoms with Gasteiger partial charge in [0.25, 0.3) is 0 Å². The molecule has 1 amide bonds. The first-order valence-electron chi connectivity index (χ1n) is 6.17. The molecule has 0 spiro atoms. The number of halogens is 3. The molecular formula is C13H15F3N2O4. The van der Waals surface area contributed by atoms with Crippen LogP contribution in [0.4, 0.5) is 13.2 Å². The van der Waals surface area contributed by atoms with Crippen LogP contribution in [0.5, 0.6) is 5.75 Å². The molecule has 0 heterocycles. The Kier molecular flexibility index (Phi) is 6.17. The first kappa shape index (κ1) is 17.8. The Hall–Kier alpha value is -2.29. The number of alkyl halides is 3. The summed E-state index contributed by atoms with van der Waals surface area (Å²) in [5, 5.41) is 2.49. The number of nitrogens with two attached hydrogens (primary N) is 1.